The predicted molar refractivity (Wildman–Crippen MR) is 107 cm³/mol. The maximum atomic E-state index is 12.1. The van der Waals surface area contributed by atoms with Crippen molar-refractivity contribution in [3.05, 3.63) is 65.9 Å². The van der Waals surface area contributed by atoms with Gasteiger partial charge in [0.05, 0.1) is 17.3 Å². The van der Waals surface area contributed by atoms with Crippen molar-refractivity contribution in [3.8, 4) is 0 Å². The molecule has 2 heterocycles. The maximum absolute atomic E-state index is 12.1. The average Bonchev–Trinajstić information content (AvgIpc) is 3.28. The Bertz CT molecular complexity index is 1130. The van der Waals surface area contributed by atoms with E-state index in [-0.39, 0.29) is 5.56 Å². The highest BCUT2D eigenvalue weighted by atomic mass is 16.5. The molecule has 152 valence electrons. The summed E-state index contributed by atoms with van der Waals surface area (Å²) in [5.41, 5.74) is 1.31. The molecule has 2 aromatic carbocycles. The number of hydrogen-bond donors (Lipinski definition) is 1. The van der Waals surface area contributed by atoms with Crippen molar-refractivity contribution < 1.29 is 28.3 Å². The Hall–Kier alpha value is -3.94. The number of carbonyl (C=O) groups excluding carboxylic acids is 4. The van der Waals surface area contributed by atoms with Crippen molar-refractivity contribution in [3.63, 3.8) is 0 Å². The van der Waals surface area contributed by atoms with E-state index in [4.69, 9.17) is 9.15 Å². The third-order valence-electron chi connectivity index (χ3n) is 4.78. The van der Waals surface area contributed by atoms with Crippen LogP contribution in [0.2, 0.25) is 0 Å². The van der Waals surface area contributed by atoms with Gasteiger partial charge in [-0.15, -0.1) is 0 Å². The van der Waals surface area contributed by atoms with Crippen LogP contribution >= 0.6 is 0 Å². The molecule has 0 fully saturated rings. The van der Waals surface area contributed by atoms with Gasteiger partial charge >= 0.3 is 5.97 Å². The highest BCUT2D eigenvalue weighted by Crippen LogP contribution is 2.28. The Labute approximate surface area is 171 Å². The van der Waals surface area contributed by atoms with E-state index in [9.17, 15) is 19.2 Å². The zero-order valence-corrected chi connectivity index (χ0v) is 16.1. The zero-order valence-electron chi connectivity index (χ0n) is 16.1. The number of anilines is 1. The van der Waals surface area contributed by atoms with Gasteiger partial charge in [-0.1, -0.05) is 30.3 Å². The zero-order chi connectivity index (χ0) is 21.3. The molecule has 1 aliphatic rings. The number of para-hydroxylation sites is 2. The smallest absolute Gasteiger partial charge is 0.326 e. The topological polar surface area (TPSA) is 106 Å². The third-order valence-corrected chi connectivity index (χ3v) is 4.78. The summed E-state index contributed by atoms with van der Waals surface area (Å²) >= 11 is 0. The van der Waals surface area contributed by atoms with Crippen LogP contribution in [0.3, 0.4) is 0 Å². The lowest BCUT2D eigenvalue weighted by Crippen LogP contribution is -2.37. The molecule has 1 aliphatic heterocycles. The summed E-state index contributed by atoms with van der Waals surface area (Å²) in [7, 11) is 0. The number of hydrogen-bond acceptors (Lipinski definition) is 6. The Morgan fingerprint density at radius 3 is 2.63 bits per heavy atom. The number of amides is 2. The summed E-state index contributed by atoms with van der Waals surface area (Å²) in [4.78, 5) is 49.3. The molecule has 0 saturated carbocycles. The number of fused-ring (bicyclic) bond motifs is 2. The van der Waals surface area contributed by atoms with Crippen LogP contribution in [-0.4, -0.2) is 36.7 Å². The number of rotatable bonds is 6. The van der Waals surface area contributed by atoms with Gasteiger partial charge in [0.1, 0.15) is 17.9 Å². The first-order valence-corrected chi connectivity index (χ1v) is 9.32. The van der Waals surface area contributed by atoms with Gasteiger partial charge in [0.2, 0.25) is 0 Å². The van der Waals surface area contributed by atoms with Crippen molar-refractivity contribution in [1.82, 2.24) is 5.32 Å². The molecule has 1 atom stereocenters. The molecule has 30 heavy (non-hydrogen) atoms. The van der Waals surface area contributed by atoms with Gasteiger partial charge in [0, 0.05) is 5.39 Å². The number of furan rings is 1. The Kier molecular flexibility index (Phi) is 5.05. The first kappa shape index (κ1) is 19.4. The first-order valence-electron chi connectivity index (χ1n) is 9.32. The Balaban J connectivity index is 1.31. The summed E-state index contributed by atoms with van der Waals surface area (Å²) < 4.78 is 10.7. The second-order valence-electron chi connectivity index (χ2n) is 6.87. The molecule has 0 radical (unpaired) electrons. The lowest BCUT2D eigenvalue weighted by Gasteiger charge is -2.16. The fourth-order valence-corrected chi connectivity index (χ4v) is 3.30. The minimum Gasteiger partial charge on any atom is -0.459 e. The van der Waals surface area contributed by atoms with E-state index in [0.717, 1.165) is 10.3 Å². The van der Waals surface area contributed by atoms with Gasteiger partial charge in [0.25, 0.3) is 17.6 Å². The molecule has 0 aliphatic carbocycles. The third kappa shape index (κ3) is 3.67. The van der Waals surface area contributed by atoms with Crippen LogP contribution in [0.4, 0.5) is 5.69 Å². The second-order valence-corrected chi connectivity index (χ2v) is 6.87. The van der Waals surface area contributed by atoms with Crippen molar-refractivity contribution in [2.24, 2.45) is 0 Å². The van der Waals surface area contributed by atoms with E-state index in [0.29, 0.717) is 17.0 Å². The van der Waals surface area contributed by atoms with Crippen LogP contribution in [0.5, 0.6) is 0 Å². The molecular weight excluding hydrogens is 388 g/mol. The van der Waals surface area contributed by atoms with E-state index >= 15 is 0 Å². The fourth-order valence-electron chi connectivity index (χ4n) is 3.30. The van der Waals surface area contributed by atoms with Crippen LogP contribution in [0.15, 0.2) is 59.0 Å². The van der Waals surface area contributed by atoms with E-state index in [1.165, 1.54) is 6.07 Å². The Morgan fingerprint density at radius 2 is 1.83 bits per heavy atom. The quantitative estimate of drug-likeness (QED) is 0.498. The highest BCUT2D eigenvalue weighted by Gasteiger charge is 2.36. The number of nitrogens with one attached hydrogen (secondary N) is 1. The fraction of sp³-hybridized carbons (Fsp3) is 0.182. The molecule has 8 nitrogen and oxygen atoms in total. The minimum atomic E-state index is -0.795. The summed E-state index contributed by atoms with van der Waals surface area (Å²) in [6.07, 6.45) is 0. The maximum Gasteiger partial charge on any atom is 0.326 e. The van der Waals surface area contributed by atoms with Crippen LogP contribution in [0.1, 0.15) is 29.1 Å². The number of benzene rings is 2. The lowest BCUT2D eigenvalue weighted by molar-refractivity contribution is -0.147. The molecule has 0 spiro atoms. The van der Waals surface area contributed by atoms with Crippen LogP contribution in [0, 0.1) is 0 Å². The molecule has 2 amide bonds. The SMILES string of the molecule is C[C@@H](NC(=O)COC(=O)CN1C(=O)C(=O)c2ccccc21)c1cc2ccccc2o1. The van der Waals surface area contributed by atoms with Crippen LogP contribution in [-0.2, 0) is 19.1 Å². The van der Waals surface area contributed by atoms with Gasteiger partial charge in [-0.3, -0.25) is 24.1 Å². The summed E-state index contributed by atoms with van der Waals surface area (Å²) in [6, 6.07) is 15.3. The summed E-state index contributed by atoms with van der Waals surface area (Å²) in [5, 5.41) is 3.61. The standard InChI is InChI=1S/C22H18N2O6/c1-13(18-10-14-6-2-5-9-17(14)30-18)23-19(25)12-29-20(26)11-24-16-8-4-3-7-15(16)21(27)22(24)28/h2-10,13H,11-12H2,1H3,(H,23,25)/t13-/m1/s1. The molecular formula is C22H18N2O6. The van der Waals surface area contributed by atoms with Crippen molar-refractivity contribution >= 4 is 40.2 Å². The number of esters is 1. The Morgan fingerprint density at radius 1 is 1.10 bits per heavy atom. The predicted octanol–water partition coefficient (Wildman–Crippen LogP) is 2.38. The molecule has 0 saturated heterocycles. The van der Waals surface area contributed by atoms with Gasteiger partial charge in [-0.2, -0.15) is 0 Å². The van der Waals surface area contributed by atoms with Crippen molar-refractivity contribution in [2.45, 2.75) is 13.0 Å². The molecule has 0 unspecified atom stereocenters. The summed E-state index contributed by atoms with van der Waals surface area (Å²) in [6.45, 7) is 0.790. The molecule has 0 bridgehead atoms. The molecule has 4 rings (SSSR count). The van der Waals surface area contributed by atoms with E-state index in [2.05, 4.69) is 5.32 Å². The van der Waals surface area contributed by atoms with Gasteiger partial charge in [0.15, 0.2) is 6.61 Å². The van der Waals surface area contributed by atoms with Gasteiger partial charge in [-0.05, 0) is 31.2 Å². The molecule has 1 N–H and O–H groups in total. The number of nitrogens with zero attached hydrogens (tertiary/aromatic N) is 1. The molecule has 1 aromatic heterocycles. The normalized spacial score (nSPS) is 14.0. The molecule has 8 heteroatoms. The van der Waals surface area contributed by atoms with Crippen molar-refractivity contribution in [1.29, 1.82) is 0 Å². The molecule has 3 aromatic rings. The number of Topliss-reactive ketones (excluding diaryl/α,β-unsaturated/α-hetero) is 1. The first-order chi connectivity index (χ1) is 14.4. The summed E-state index contributed by atoms with van der Waals surface area (Å²) in [5.74, 6) is -2.19. The second kappa shape index (κ2) is 7.82. The van der Waals surface area contributed by atoms with Crippen LogP contribution < -0.4 is 10.2 Å². The van der Waals surface area contributed by atoms with Gasteiger partial charge < -0.3 is 14.5 Å². The van der Waals surface area contributed by atoms with E-state index in [1.807, 2.05) is 30.3 Å². The van der Waals surface area contributed by atoms with E-state index < -0.39 is 42.8 Å². The highest BCUT2D eigenvalue weighted by molar-refractivity contribution is 6.52. The minimum absolute atomic E-state index is 0.243. The van der Waals surface area contributed by atoms with Crippen molar-refractivity contribution in [2.75, 3.05) is 18.1 Å². The lowest BCUT2D eigenvalue weighted by atomic mass is 10.1. The van der Waals surface area contributed by atoms with E-state index in [1.54, 1.807) is 25.1 Å². The number of ketones is 1. The number of ether oxygens (including phenoxy) is 1. The van der Waals surface area contributed by atoms with Gasteiger partial charge in [-0.25, -0.2) is 0 Å². The average molecular weight is 406 g/mol. The van der Waals surface area contributed by atoms with Crippen LogP contribution in [0.25, 0.3) is 11.0 Å². The number of carbonyl (C=O) groups is 4. The monoisotopic (exact) mass is 406 g/mol. The largest absolute Gasteiger partial charge is 0.459 e.